The van der Waals surface area contributed by atoms with Crippen molar-refractivity contribution in [1.82, 2.24) is 0 Å². The van der Waals surface area contributed by atoms with Crippen LogP contribution in [-0.4, -0.2) is 48.6 Å². The highest BCUT2D eigenvalue weighted by Gasteiger charge is 2.55. The smallest absolute Gasteiger partial charge is 0.309 e. The molecule has 0 amide bonds. The number of rotatable bonds is 4. The van der Waals surface area contributed by atoms with Crippen LogP contribution in [0.3, 0.4) is 0 Å². The van der Waals surface area contributed by atoms with Crippen molar-refractivity contribution in [2.75, 3.05) is 13.7 Å². The third-order valence-electron chi connectivity index (χ3n) is 5.72. The molecule has 1 saturated heterocycles. The molecule has 0 bridgehead atoms. The van der Waals surface area contributed by atoms with Crippen molar-refractivity contribution in [1.29, 1.82) is 0 Å². The van der Waals surface area contributed by atoms with Gasteiger partial charge in [-0.05, 0) is 51.4 Å². The summed E-state index contributed by atoms with van der Waals surface area (Å²) in [4.78, 5) is 24.2. The number of ether oxygens (including phenoxy) is 3. The lowest BCUT2D eigenvalue weighted by atomic mass is 9.78. The summed E-state index contributed by atoms with van der Waals surface area (Å²) in [5, 5.41) is 9.74. The molecule has 0 aromatic rings. The molecule has 2 saturated carbocycles. The molecule has 3 fully saturated rings. The predicted molar refractivity (Wildman–Crippen MR) is 80.4 cm³/mol. The Kier molecular flexibility index (Phi) is 4.65. The Bertz CT molecular complexity index is 478. The second-order valence-electron chi connectivity index (χ2n) is 7.39. The number of esters is 2. The van der Waals surface area contributed by atoms with E-state index in [1.807, 2.05) is 0 Å². The fourth-order valence-electron chi connectivity index (χ4n) is 4.02. The number of carbonyl (C=O) groups is 2. The summed E-state index contributed by atoms with van der Waals surface area (Å²) >= 11 is 0. The minimum absolute atomic E-state index is 0.0655. The lowest BCUT2D eigenvalue weighted by molar-refractivity contribution is -0.164. The van der Waals surface area contributed by atoms with Crippen LogP contribution in [0.1, 0.15) is 45.4 Å². The van der Waals surface area contributed by atoms with Crippen LogP contribution in [0, 0.1) is 17.8 Å². The Morgan fingerprint density at radius 3 is 2.65 bits per heavy atom. The highest BCUT2D eigenvalue weighted by Crippen LogP contribution is 2.49. The zero-order valence-electron chi connectivity index (χ0n) is 13.8. The summed E-state index contributed by atoms with van der Waals surface area (Å²) in [5.74, 6) is -1.54. The zero-order valence-corrected chi connectivity index (χ0v) is 13.8. The number of aliphatic hydroxyl groups is 1. The van der Waals surface area contributed by atoms with E-state index in [9.17, 15) is 14.7 Å². The molecule has 1 aliphatic heterocycles. The van der Waals surface area contributed by atoms with E-state index in [-0.39, 0.29) is 18.0 Å². The first-order chi connectivity index (χ1) is 10.9. The minimum atomic E-state index is -0.599. The van der Waals surface area contributed by atoms with E-state index in [1.165, 1.54) is 7.11 Å². The number of fused-ring (bicyclic) bond motifs is 1. The molecule has 0 aromatic carbocycles. The third kappa shape index (κ3) is 3.53. The van der Waals surface area contributed by atoms with Crippen LogP contribution in [-0.2, 0) is 23.8 Å². The van der Waals surface area contributed by atoms with E-state index < -0.39 is 23.9 Å². The Balaban J connectivity index is 1.51. The summed E-state index contributed by atoms with van der Waals surface area (Å²) in [7, 11) is 1.31. The molecule has 6 nitrogen and oxygen atoms in total. The average molecular weight is 326 g/mol. The summed E-state index contributed by atoms with van der Waals surface area (Å²) in [6.07, 6.45) is 3.97. The molecule has 6 unspecified atom stereocenters. The Hall–Kier alpha value is -1.14. The summed E-state index contributed by atoms with van der Waals surface area (Å²) < 4.78 is 15.9. The maximum absolute atomic E-state index is 12.4. The molecule has 2 aliphatic carbocycles. The minimum Gasteiger partial charge on any atom is -0.469 e. The van der Waals surface area contributed by atoms with E-state index in [4.69, 9.17) is 14.2 Å². The SMILES string of the molecule is COC(=O)C1CC(O)CCC1C(=O)OCC1CCC2(C)OC2C1. The largest absolute Gasteiger partial charge is 0.469 e. The van der Waals surface area contributed by atoms with Gasteiger partial charge in [0.1, 0.15) is 0 Å². The summed E-state index contributed by atoms with van der Waals surface area (Å²) in [6.45, 7) is 2.52. The Labute approximate surface area is 136 Å². The normalized spacial score (nSPS) is 42.5. The molecule has 1 heterocycles. The van der Waals surface area contributed by atoms with E-state index >= 15 is 0 Å². The van der Waals surface area contributed by atoms with E-state index in [2.05, 4.69) is 6.92 Å². The molecule has 23 heavy (non-hydrogen) atoms. The van der Waals surface area contributed by atoms with Gasteiger partial charge in [0.15, 0.2) is 0 Å². The highest BCUT2D eigenvalue weighted by atomic mass is 16.6. The molecule has 3 aliphatic rings. The zero-order chi connectivity index (χ0) is 16.6. The monoisotopic (exact) mass is 326 g/mol. The Morgan fingerprint density at radius 2 is 1.96 bits per heavy atom. The van der Waals surface area contributed by atoms with Crippen molar-refractivity contribution in [3.63, 3.8) is 0 Å². The lowest BCUT2D eigenvalue weighted by Crippen LogP contribution is -2.39. The Morgan fingerprint density at radius 1 is 1.17 bits per heavy atom. The van der Waals surface area contributed by atoms with Crippen LogP contribution in [0.4, 0.5) is 0 Å². The number of epoxide rings is 1. The van der Waals surface area contributed by atoms with Crippen molar-refractivity contribution in [3.8, 4) is 0 Å². The first-order valence-electron chi connectivity index (χ1n) is 8.53. The van der Waals surface area contributed by atoms with Crippen molar-refractivity contribution in [3.05, 3.63) is 0 Å². The third-order valence-corrected chi connectivity index (χ3v) is 5.72. The molecule has 0 aromatic heterocycles. The standard InChI is InChI=1S/C17H26O6/c1-17-6-5-10(7-14(17)23-17)9-22-16(20)12-4-3-11(18)8-13(12)15(19)21-2/h10-14,18H,3-9H2,1-2H3. The van der Waals surface area contributed by atoms with Crippen molar-refractivity contribution >= 4 is 11.9 Å². The number of aliphatic hydroxyl groups excluding tert-OH is 1. The molecule has 6 heteroatoms. The molecule has 130 valence electrons. The van der Waals surface area contributed by atoms with E-state index in [0.717, 1.165) is 19.3 Å². The fourth-order valence-corrected chi connectivity index (χ4v) is 4.02. The van der Waals surface area contributed by atoms with Gasteiger partial charge in [-0.15, -0.1) is 0 Å². The van der Waals surface area contributed by atoms with Gasteiger partial charge in [-0.2, -0.15) is 0 Å². The summed E-state index contributed by atoms with van der Waals surface area (Å²) in [5.41, 5.74) is 0.0655. The first-order valence-corrected chi connectivity index (χ1v) is 8.53. The predicted octanol–water partition coefficient (Wildman–Crippen LogP) is 1.44. The maximum Gasteiger partial charge on any atom is 0.309 e. The van der Waals surface area contributed by atoms with Gasteiger partial charge >= 0.3 is 11.9 Å². The van der Waals surface area contributed by atoms with Crippen LogP contribution in [0.5, 0.6) is 0 Å². The van der Waals surface area contributed by atoms with Crippen LogP contribution < -0.4 is 0 Å². The van der Waals surface area contributed by atoms with Crippen LogP contribution >= 0.6 is 0 Å². The van der Waals surface area contributed by atoms with Crippen LogP contribution in [0.15, 0.2) is 0 Å². The van der Waals surface area contributed by atoms with Gasteiger partial charge in [0.25, 0.3) is 0 Å². The van der Waals surface area contributed by atoms with Crippen molar-refractivity contribution in [2.45, 2.75) is 63.3 Å². The second-order valence-corrected chi connectivity index (χ2v) is 7.39. The van der Waals surface area contributed by atoms with Gasteiger partial charge in [-0.25, -0.2) is 0 Å². The molecule has 0 spiro atoms. The van der Waals surface area contributed by atoms with Gasteiger partial charge in [-0.3, -0.25) is 9.59 Å². The van der Waals surface area contributed by atoms with Crippen LogP contribution in [0.2, 0.25) is 0 Å². The van der Waals surface area contributed by atoms with E-state index in [1.54, 1.807) is 0 Å². The van der Waals surface area contributed by atoms with Crippen LogP contribution in [0.25, 0.3) is 0 Å². The maximum atomic E-state index is 12.4. The molecular weight excluding hydrogens is 300 g/mol. The van der Waals surface area contributed by atoms with Crippen molar-refractivity contribution < 1.29 is 28.9 Å². The number of hydrogen-bond acceptors (Lipinski definition) is 6. The molecule has 0 radical (unpaired) electrons. The number of methoxy groups -OCH3 is 1. The topological polar surface area (TPSA) is 85.4 Å². The number of carbonyl (C=O) groups excluding carboxylic acids is 2. The van der Waals surface area contributed by atoms with Gasteiger partial charge in [0.2, 0.25) is 0 Å². The van der Waals surface area contributed by atoms with Gasteiger partial charge in [-0.1, -0.05) is 0 Å². The van der Waals surface area contributed by atoms with Gasteiger partial charge in [0.05, 0.1) is 43.4 Å². The van der Waals surface area contributed by atoms with Gasteiger partial charge in [0, 0.05) is 0 Å². The second kappa shape index (κ2) is 6.40. The molecule has 6 atom stereocenters. The van der Waals surface area contributed by atoms with Gasteiger partial charge < -0.3 is 19.3 Å². The molecule has 3 rings (SSSR count). The number of hydrogen-bond donors (Lipinski definition) is 1. The highest BCUT2D eigenvalue weighted by molar-refractivity contribution is 5.82. The average Bonchev–Trinajstić information content (AvgIpc) is 3.22. The first kappa shape index (κ1) is 16.7. The van der Waals surface area contributed by atoms with Crippen molar-refractivity contribution in [2.24, 2.45) is 17.8 Å². The lowest BCUT2D eigenvalue weighted by Gasteiger charge is -2.31. The quantitative estimate of drug-likeness (QED) is 0.621. The molecule has 1 N–H and O–H groups in total. The summed E-state index contributed by atoms with van der Waals surface area (Å²) in [6, 6.07) is 0. The van der Waals surface area contributed by atoms with E-state index in [0.29, 0.717) is 31.5 Å². The molecular formula is C17H26O6. The fraction of sp³-hybridized carbons (Fsp3) is 0.882.